The first-order valence-electron chi connectivity index (χ1n) is 6.92. The molecule has 0 saturated heterocycles. The fourth-order valence-electron chi connectivity index (χ4n) is 2.04. The summed E-state index contributed by atoms with van der Waals surface area (Å²) in [5, 5.41) is 6.41. The SMILES string of the molecule is C=CCCCN(C)C(=NC)NCc1cn(C)nc1C(F)(F)F.I. The molecule has 23 heavy (non-hydrogen) atoms. The second-order valence-electron chi connectivity index (χ2n) is 4.93. The molecule has 0 radical (unpaired) electrons. The maximum Gasteiger partial charge on any atom is 0.435 e. The predicted molar refractivity (Wildman–Crippen MR) is 95.9 cm³/mol. The first kappa shape index (κ1) is 21.7. The first-order chi connectivity index (χ1) is 10.3. The summed E-state index contributed by atoms with van der Waals surface area (Å²) in [5.74, 6) is 0.543. The van der Waals surface area contributed by atoms with Crippen molar-refractivity contribution in [3.05, 3.63) is 30.1 Å². The summed E-state index contributed by atoms with van der Waals surface area (Å²) >= 11 is 0. The lowest BCUT2D eigenvalue weighted by Crippen LogP contribution is -2.39. The lowest BCUT2D eigenvalue weighted by molar-refractivity contribution is -0.142. The van der Waals surface area contributed by atoms with Gasteiger partial charge < -0.3 is 10.2 Å². The van der Waals surface area contributed by atoms with Crippen LogP contribution in [0.3, 0.4) is 0 Å². The molecular formula is C14H23F3IN5. The number of halogens is 4. The van der Waals surface area contributed by atoms with Gasteiger partial charge in [-0.25, -0.2) is 0 Å². The van der Waals surface area contributed by atoms with Gasteiger partial charge in [-0.3, -0.25) is 9.67 Å². The van der Waals surface area contributed by atoms with E-state index < -0.39 is 11.9 Å². The molecule has 0 atom stereocenters. The van der Waals surface area contributed by atoms with E-state index in [1.54, 1.807) is 7.05 Å². The Bertz CT molecular complexity index is 525. The average Bonchev–Trinajstić information content (AvgIpc) is 2.81. The highest BCUT2D eigenvalue weighted by molar-refractivity contribution is 14.0. The monoisotopic (exact) mass is 445 g/mol. The van der Waals surface area contributed by atoms with Crippen molar-refractivity contribution in [2.24, 2.45) is 12.0 Å². The molecule has 0 spiro atoms. The number of rotatable bonds is 6. The van der Waals surface area contributed by atoms with E-state index in [0.717, 1.165) is 24.1 Å². The summed E-state index contributed by atoms with van der Waals surface area (Å²) in [6.07, 6.45) is 0.511. The number of guanidine groups is 1. The van der Waals surface area contributed by atoms with Crippen LogP contribution in [-0.4, -0.2) is 41.3 Å². The number of nitrogens with one attached hydrogen (secondary N) is 1. The Morgan fingerprint density at radius 2 is 2.17 bits per heavy atom. The fourth-order valence-corrected chi connectivity index (χ4v) is 2.04. The quantitative estimate of drug-likeness (QED) is 0.241. The van der Waals surface area contributed by atoms with Crippen molar-refractivity contribution in [1.29, 1.82) is 0 Å². The number of aryl methyl sites for hydroxylation is 1. The van der Waals surface area contributed by atoms with E-state index in [1.807, 2.05) is 18.0 Å². The molecular weight excluding hydrogens is 422 g/mol. The number of hydrogen-bond acceptors (Lipinski definition) is 2. The molecule has 1 rings (SSSR count). The first-order valence-corrected chi connectivity index (χ1v) is 6.92. The van der Waals surface area contributed by atoms with E-state index in [4.69, 9.17) is 0 Å². The highest BCUT2D eigenvalue weighted by Crippen LogP contribution is 2.30. The number of aliphatic imine (C=N–C) groups is 1. The van der Waals surface area contributed by atoms with Crippen LogP contribution in [0, 0.1) is 0 Å². The van der Waals surface area contributed by atoms with Crippen molar-refractivity contribution < 1.29 is 13.2 Å². The third-order valence-corrected chi connectivity index (χ3v) is 3.09. The third-order valence-electron chi connectivity index (χ3n) is 3.09. The molecule has 0 aliphatic rings. The number of hydrogen-bond donors (Lipinski definition) is 1. The normalized spacial score (nSPS) is 11.8. The van der Waals surface area contributed by atoms with E-state index >= 15 is 0 Å². The van der Waals surface area contributed by atoms with Gasteiger partial charge >= 0.3 is 6.18 Å². The van der Waals surface area contributed by atoms with Gasteiger partial charge in [0, 0.05) is 46.0 Å². The Hall–Kier alpha value is -1.26. The molecule has 0 aliphatic heterocycles. The van der Waals surface area contributed by atoms with E-state index in [9.17, 15) is 13.2 Å². The van der Waals surface area contributed by atoms with Gasteiger partial charge in [0.15, 0.2) is 11.7 Å². The Balaban J connectivity index is 0.00000484. The topological polar surface area (TPSA) is 45.5 Å². The third kappa shape index (κ3) is 6.80. The van der Waals surface area contributed by atoms with Crippen molar-refractivity contribution in [3.63, 3.8) is 0 Å². The maximum atomic E-state index is 12.9. The zero-order valence-corrected chi connectivity index (χ0v) is 15.9. The van der Waals surface area contributed by atoms with E-state index in [-0.39, 0.29) is 36.1 Å². The number of aromatic nitrogens is 2. The molecule has 1 aromatic heterocycles. The van der Waals surface area contributed by atoms with Gasteiger partial charge in [-0.1, -0.05) is 6.08 Å². The van der Waals surface area contributed by atoms with Crippen molar-refractivity contribution >= 4 is 29.9 Å². The van der Waals surface area contributed by atoms with E-state index in [0.29, 0.717) is 5.96 Å². The molecule has 132 valence electrons. The van der Waals surface area contributed by atoms with Gasteiger partial charge in [-0.05, 0) is 12.8 Å². The lowest BCUT2D eigenvalue weighted by Gasteiger charge is -2.21. The molecule has 0 saturated carbocycles. The highest BCUT2D eigenvalue weighted by atomic mass is 127. The van der Waals surface area contributed by atoms with Crippen molar-refractivity contribution in [1.82, 2.24) is 20.0 Å². The van der Waals surface area contributed by atoms with Crippen LogP contribution >= 0.6 is 24.0 Å². The van der Waals surface area contributed by atoms with E-state index in [2.05, 4.69) is 22.0 Å². The van der Waals surface area contributed by atoms with Gasteiger partial charge in [-0.2, -0.15) is 18.3 Å². The van der Waals surface area contributed by atoms with Crippen molar-refractivity contribution in [2.75, 3.05) is 20.6 Å². The summed E-state index contributed by atoms with van der Waals surface area (Å²) in [4.78, 5) is 5.95. The van der Waals surface area contributed by atoms with Gasteiger partial charge in [0.2, 0.25) is 0 Å². The van der Waals surface area contributed by atoms with Gasteiger partial charge in [-0.15, -0.1) is 30.6 Å². The average molecular weight is 445 g/mol. The number of nitrogens with zero attached hydrogens (tertiary/aromatic N) is 4. The zero-order valence-electron chi connectivity index (χ0n) is 13.5. The summed E-state index contributed by atoms with van der Waals surface area (Å²) in [7, 11) is 4.90. The van der Waals surface area contributed by atoms with Crippen LogP contribution in [0.2, 0.25) is 0 Å². The minimum Gasteiger partial charge on any atom is -0.352 e. The van der Waals surface area contributed by atoms with Gasteiger partial charge in [0.1, 0.15) is 0 Å². The van der Waals surface area contributed by atoms with Crippen LogP contribution in [0.4, 0.5) is 13.2 Å². The zero-order chi connectivity index (χ0) is 16.8. The standard InChI is InChI=1S/C14H22F3N5.HI/c1-5-6-7-8-21(3)13(18-2)19-9-11-10-22(4)20-12(11)14(15,16)17;/h5,10H,1,6-9H2,2-4H3,(H,18,19);1H. The minimum atomic E-state index is -4.46. The van der Waals surface area contributed by atoms with Crippen molar-refractivity contribution in [2.45, 2.75) is 25.6 Å². The molecule has 1 aromatic rings. The Morgan fingerprint density at radius 1 is 1.52 bits per heavy atom. The van der Waals surface area contributed by atoms with Gasteiger partial charge in [0.25, 0.3) is 0 Å². The number of unbranched alkanes of at least 4 members (excludes halogenated alkanes) is 1. The van der Waals surface area contributed by atoms with Crippen LogP contribution in [0.1, 0.15) is 24.1 Å². The fraction of sp³-hybridized carbons (Fsp3) is 0.571. The Kier molecular flexibility index (Phi) is 9.25. The lowest BCUT2D eigenvalue weighted by atomic mass is 10.2. The summed E-state index contributed by atoms with van der Waals surface area (Å²) < 4.78 is 39.8. The predicted octanol–water partition coefficient (Wildman–Crippen LogP) is 3.03. The molecule has 5 nitrogen and oxygen atoms in total. The number of allylic oxidation sites excluding steroid dienone is 1. The molecule has 0 bridgehead atoms. The largest absolute Gasteiger partial charge is 0.435 e. The van der Waals surface area contributed by atoms with Crippen LogP contribution in [0.25, 0.3) is 0 Å². The van der Waals surface area contributed by atoms with Crippen LogP contribution in [-0.2, 0) is 19.8 Å². The molecule has 0 amide bonds. The maximum absolute atomic E-state index is 12.9. The second kappa shape index (κ2) is 9.78. The molecule has 0 aliphatic carbocycles. The minimum absolute atomic E-state index is 0. The molecule has 0 unspecified atom stereocenters. The van der Waals surface area contributed by atoms with E-state index in [1.165, 1.54) is 13.2 Å². The Morgan fingerprint density at radius 3 is 2.70 bits per heavy atom. The summed E-state index contributed by atoms with van der Waals surface area (Å²) in [5.41, 5.74) is -0.775. The van der Waals surface area contributed by atoms with Gasteiger partial charge in [0.05, 0.1) is 0 Å². The summed E-state index contributed by atoms with van der Waals surface area (Å²) in [6, 6.07) is 0. The summed E-state index contributed by atoms with van der Waals surface area (Å²) in [6.45, 7) is 4.41. The van der Waals surface area contributed by atoms with Crippen LogP contribution < -0.4 is 5.32 Å². The molecule has 0 aromatic carbocycles. The molecule has 1 heterocycles. The molecule has 9 heteroatoms. The second-order valence-corrected chi connectivity index (χ2v) is 4.93. The highest BCUT2D eigenvalue weighted by Gasteiger charge is 2.36. The van der Waals surface area contributed by atoms with Crippen LogP contribution in [0.15, 0.2) is 23.8 Å². The number of alkyl halides is 3. The molecule has 1 N–H and O–H groups in total. The molecule has 0 fully saturated rings. The van der Waals surface area contributed by atoms with Crippen molar-refractivity contribution in [3.8, 4) is 0 Å². The van der Waals surface area contributed by atoms with Crippen LogP contribution in [0.5, 0.6) is 0 Å². The Labute approximate surface area is 151 Å². The smallest absolute Gasteiger partial charge is 0.352 e.